The van der Waals surface area contributed by atoms with Gasteiger partial charge in [0.1, 0.15) is 5.82 Å². The number of nitrogens with zero attached hydrogens (tertiary/aromatic N) is 3. The van der Waals surface area contributed by atoms with Gasteiger partial charge in [-0.15, -0.1) is 0 Å². The summed E-state index contributed by atoms with van der Waals surface area (Å²) in [6.07, 6.45) is 1.54. The zero-order chi connectivity index (χ0) is 18.7. The summed E-state index contributed by atoms with van der Waals surface area (Å²) in [5.74, 6) is 0.482. The van der Waals surface area contributed by atoms with Crippen LogP contribution in [0.25, 0.3) is 0 Å². The number of aromatic nitrogens is 2. The number of aryl methyl sites for hydroxylation is 1. The highest BCUT2D eigenvalue weighted by atomic mass is 35.5. The second-order valence-corrected chi connectivity index (χ2v) is 7.92. The van der Waals surface area contributed by atoms with Gasteiger partial charge in [-0.3, -0.25) is 10.00 Å². The Morgan fingerprint density at radius 1 is 1.23 bits per heavy atom. The lowest BCUT2D eigenvalue weighted by Crippen LogP contribution is -2.40. The molecule has 1 aromatic carbocycles. The van der Waals surface area contributed by atoms with Crippen molar-refractivity contribution >= 4 is 39.2 Å². The minimum atomic E-state index is -3.68. The normalized spacial score (nSPS) is 15.6. The third kappa shape index (κ3) is 3.98. The van der Waals surface area contributed by atoms with E-state index >= 15 is 0 Å². The summed E-state index contributed by atoms with van der Waals surface area (Å²) in [6.45, 7) is 1.28. The van der Waals surface area contributed by atoms with Gasteiger partial charge >= 0.3 is 6.03 Å². The Kier molecular flexibility index (Phi) is 5.47. The SMILES string of the molecule is Cn1nccc1NC(=O)Nc1cc(S(=O)(=O)N2CCOCC2)ccc1Cl. The monoisotopic (exact) mass is 399 g/mol. The molecule has 1 aromatic heterocycles. The van der Waals surface area contributed by atoms with E-state index in [2.05, 4.69) is 15.7 Å². The van der Waals surface area contributed by atoms with Gasteiger partial charge in [-0.25, -0.2) is 13.2 Å². The zero-order valence-corrected chi connectivity index (χ0v) is 15.5. The molecule has 0 spiro atoms. The lowest BCUT2D eigenvalue weighted by Gasteiger charge is -2.26. The summed E-state index contributed by atoms with van der Waals surface area (Å²) in [5.41, 5.74) is 0.195. The maximum Gasteiger partial charge on any atom is 0.324 e. The van der Waals surface area contributed by atoms with E-state index in [0.29, 0.717) is 19.0 Å². The maximum absolute atomic E-state index is 12.7. The lowest BCUT2D eigenvalue weighted by atomic mass is 10.3. The van der Waals surface area contributed by atoms with Crippen LogP contribution in [0.3, 0.4) is 0 Å². The molecule has 11 heteroatoms. The second kappa shape index (κ2) is 7.62. The zero-order valence-electron chi connectivity index (χ0n) is 14.0. The van der Waals surface area contributed by atoms with Crippen molar-refractivity contribution in [3.63, 3.8) is 0 Å². The van der Waals surface area contributed by atoms with Gasteiger partial charge in [0.25, 0.3) is 0 Å². The van der Waals surface area contributed by atoms with Gasteiger partial charge in [0.05, 0.1) is 35.0 Å². The van der Waals surface area contributed by atoms with Gasteiger partial charge in [0.2, 0.25) is 10.0 Å². The predicted octanol–water partition coefficient (Wildman–Crippen LogP) is 1.74. The number of morpholine rings is 1. The molecular weight excluding hydrogens is 382 g/mol. The lowest BCUT2D eigenvalue weighted by molar-refractivity contribution is 0.0730. The fraction of sp³-hybridized carbons (Fsp3) is 0.333. The first-order chi connectivity index (χ1) is 12.4. The molecule has 1 aliphatic heterocycles. The van der Waals surface area contributed by atoms with Crippen molar-refractivity contribution in [2.75, 3.05) is 36.9 Å². The van der Waals surface area contributed by atoms with Crippen molar-refractivity contribution < 1.29 is 17.9 Å². The van der Waals surface area contributed by atoms with E-state index in [1.807, 2.05) is 0 Å². The molecule has 2 aromatic rings. The van der Waals surface area contributed by atoms with Crippen molar-refractivity contribution in [2.45, 2.75) is 4.90 Å². The van der Waals surface area contributed by atoms with Crippen molar-refractivity contribution in [2.24, 2.45) is 7.05 Å². The molecule has 1 fully saturated rings. The number of sulfonamides is 1. The molecule has 0 unspecified atom stereocenters. The number of rotatable bonds is 4. The first kappa shape index (κ1) is 18.6. The Balaban J connectivity index is 1.79. The number of amides is 2. The molecule has 2 heterocycles. The van der Waals surface area contributed by atoms with Crippen LogP contribution in [0, 0.1) is 0 Å². The highest BCUT2D eigenvalue weighted by molar-refractivity contribution is 7.89. The van der Waals surface area contributed by atoms with Gasteiger partial charge in [0.15, 0.2) is 0 Å². The summed E-state index contributed by atoms with van der Waals surface area (Å²) < 4.78 is 33.5. The molecule has 140 valence electrons. The number of nitrogens with one attached hydrogen (secondary N) is 2. The molecule has 0 atom stereocenters. The fourth-order valence-electron chi connectivity index (χ4n) is 2.46. The summed E-state index contributed by atoms with van der Waals surface area (Å²) in [6, 6.07) is 5.26. The molecular formula is C15H18ClN5O4S. The molecule has 0 radical (unpaired) electrons. The Labute approximate surface area is 155 Å². The summed E-state index contributed by atoms with van der Waals surface area (Å²) in [7, 11) is -2.01. The van der Waals surface area contributed by atoms with Crippen molar-refractivity contribution in [3.05, 3.63) is 35.5 Å². The molecule has 2 amide bonds. The average Bonchev–Trinajstić information content (AvgIpc) is 3.02. The molecule has 1 aliphatic rings. The van der Waals surface area contributed by atoms with Gasteiger partial charge in [-0.1, -0.05) is 11.6 Å². The number of ether oxygens (including phenoxy) is 1. The topological polar surface area (TPSA) is 106 Å². The van der Waals surface area contributed by atoms with Crippen LogP contribution in [0.2, 0.25) is 5.02 Å². The quantitative estimate of drug-likeness (QED) is 0.814. The van der Waals surface area contributed by atoms with Gasteiger partial charge < -0.3 is 10.1 Å². The summed E-state index contributed by atoms with van der Waals surface area (Å²) in [5, 5.41) is 9.34. The predicted molar refractivity (Wildman–Crippen MR) is 96.9 cm³/mol. The van der Waals surface area contributed by atoms with E-state index in [1.54, 1.807) is 13.1 Å². The number of hydrogen-bond donors (Lipinski definition) is 2. The first-order valence-corrected chi connectivity index (χ1v) is 9.63. The molecule has 0 bridgehead atoms. The first-order valence-electron chi connectivity index (χ1n) is 7.81. The van der Waals surface area contributed by atoms with E-state index in [1.165, 1.54) is 33.4 Å². The van der Waals surface area contributed by atoms with Crippen LogP contribution in [-0.2, 0) is 21.8 Å². The fourth-order valence-corrected chi connectivity index (χ4v) is 4.06. The number of halogens is 1. The molecule has 26 heavy (non-hydrogen) atoms. The van der Waals surface area contributed by atoms with Crippen molar-refractivity contribution in [1.29, 1.82) is 0 Å². The van der Waals surface area contributed by atoms with Crippen LogP contribution in [0.5, 0.6) is 0 Å². The molecule has 3 rings (SSSR count). The minimum absolute atomic E-state index is 0.0552. The van der Waals surface area contributed by atoms with Crippen molar-refractivity contribution in [3.8, 4) is 0 Å². The third-order valence-electron chi connectivity index (χ3n) is 3.86. The van der Waals surface area contributed by atoms with Crippen LogP contribution in [0.15, 0.2) is 35.4 Å². The van der Waals surface area contributed by atoms with Crippen LogP contribution in [0.1, 0.15) is 0 Å². The molecule has 0 aliphatic carbocycles. The van der Waals surface area contributed by atoms with Gasteiger partial charge in [-0.2, -0.15) is 9.40 Å². The highest BCUT2D eigenvalue weighted by Crippen LogP contribution is 2.27. The number of carbonyl (C=O) groups excluding carboxylic acids is 1. The Morgan fingerprint density at radius 3 is 2.62 bits per heavy atom. The second-order valence-electron chi connectivity index (χ2n) is 5.58. The summed E-state index contributed by atoms with van der Waals surface area (Å²) in [4.78, 5) is 12.2. The molecule has 1 saturated heterocycles. The van der Waals surface area contributed by atoms with Gasteiger partial charge in [-0.05, 0) is 18.2 Å². The molecule has 2 N–H and O–H groups in total. The molecule has 0 saturated carbocycles. The number of benzene rings is 1. The maximum atomic E-state index is 12.7. The number of anilines is 2. The van der Waals surface area contributed by atoms with E-state index in [9.17, 15) is 13.2 Å². The van der Waals surface area contributed by atoms with E-state index in [4.69, 9.17) is 16.3 Å². The molecule has 9 nitrogen and oxygen atoms in total. The summed E-state index contributed by atoms with van der Waals surface area (Å²) >= 11 is 6.10. The number of hydrogen-bond acceptors (Lipinski definition) is 5. The Morgan fingerprint density at radius 2 is 1.96 bits per heavy atom. The van der Waals surface area contributed by atoms with Crippen molar-refractivity contribution in [1.82, 2.24) is 14.1 Å². The standard InChI is InChI=1S/C15H18ClN5O4S/c1-20-14(4-5-17-20)19-15(22)18-13-10-11(2-3-12(13)16)26(23,24)21-6-8-25-9-7-21/h2-5,10H,6-9H2,1H3,(H2,18,19,22). The average molecular weight is 400 g/mol. The van der Waals surface area contributed by atoms with Crippen LogP contribution in [-0.4, -0.2) is 54.8 Å². The Hall–Kier alpha value is -2.14. The number of carbonyl (C=O) groups is 1. The largest absolute Gasteiger partial charge is 0.379 e. The van der Waals surface area contributed by atoms with Crippen LogP contribution >= 0.6 is 11.6 Å². The van der Waals surface area contributed by atoms with E-state index in [0.717, 1.165) is 0 Å². The van der Waals surface area contributed by atoms with E-state index in [-0.39, 0.29) is 28.7 Å². The Bertz CT molecular complexity index is 909. The highest BCUT2D eigenvalue weighted by Gasteiger charge is 2.27. The van der Waals surface area contributed by atoms with Crippen LogP contribution in [0.4, 0.5) is 16.3 Å². The van der Waals surface area contributed by atoms with Gasteiger partial charge in [0, 0.05) is 26.2 Å². The minimum Gasteiger partial charge on any atom is -0.379 e. The number of urea groups is 1. The van der Waals surface area contributed by atoms with E-state index < -0.39 is 16.1 Å². The van der Waals surface area contributed by atoms with Crippen LogP contribution < -0.4 is 10.6 Å². The smallest absolute Gasteiger partial charge is 0.324 e. The third-order valence-corrected chi connectivity index (χ3v) is 6.08.